The van der Waals surface area contributed by atoms with Gasteiger partial charge in [-0.25, -0.2) is 0 Å². The first-order chi connectivity index (χ1) is 8.66. The lowest BCUT2D eigenvalue weighted by atomic mass is 10.3. The van der Waals surface area contributed by atoms with Gasteiger partial charge >= 0.3 is 5.97 Å². The smallest absolute Gasteiger partial charge is 0.306 e. The Morgan fingerprint density at radius 2 is 2.11 bits per heavy atom. The molecule has 1 aliphatic heterocycles. The summed E-state index contributed by atoms with van der Waals surface area (Å²) in [4.78, 5) is 11.5. The molecule has 2 rings (SSSR count). The Kier molecular flexibility index (Phi) is 4.03. The molecule has 0 radical (unpaired) electrons. The van der Waals surface area contributed by atoms with Crippen molar-refractivity contribution in [1.82, 2.24) is 0 Å². The van der Waals surface area contributed by atoms with Crippen molar-refractivity contribution < 1.29 is 14.1 Å². The lowest BCUT2D eigenvalue weighted by Crippen LogP contribution is -2.19. The van der Waals surface area contributed by atoms with Gasteiger partial charge in [-0.15, -0.1) is 0 Å². The Bertz CT molecular complexity index is 493. The first kappa shape index (κ1) is 13.1. The molecule has 0 N–H and O–H groups in total. The summed E-state index contributed by atoms with van der Waals surface area (Å²) in [6, 6.07) is 9.43. The van der Waals surface area contributed by atoms with Gasteiger partial charge in [-0.2, -0.15) is 0 Å². The van der Waals surface area contributed by atoms with Crippen LogP contribution in [0.4, 0.5) is 0 Å². The standard InChI is InChI=1S/C14H17O3P/c1-2-17-14(15)11-13-9-6-10-18(13,16)12-7-4-3-5-8-12/h3-9,13H,2,10-11H2,1H3/t13-,18+/m1/s1. The van der Waals surface area contributed by atoms with E-state index in [1.54, 1.807) is 6.92 Å². The van der Waals surface area contributed by atoms with Crippen molar-refractivity contribution in [3.05, 3.63) is 42.5 Å². The molecule has 96 valence electrons. The minimum atomic E-state index is -2.52. The molecule has 1 heterocycles. The molecule has 2 atom stereocenters. The van der Waals surface area contributed by atoms with Crippen LogP contribution in [0, 0.1) is 0 Å². The monoisotopic (exact) mass is 264 g/mol. The molecule has 4 heteroatoms. The number of ether oxygens (including phenoxy) is 1. The zero-order chi connectivity index (χ0) is 13.0. The van der Waals surface area contributed by atoms with Crippen molar-refractivity contribution in [3.63, 3.8) is 0 Å². The van der Waals surface area contributed by atoms with E-state index in [-0.39, 0.29) is 18.0 Å². The van der Waals surface area contributed by atoms with Crippen LogP contribution in [0.15, 0.2) is 42.5 Å². The summed E-state index contributed by atoms with van der Waals surface area (Å²) in [6.45, 7) is 2.14. The molecule has 0 aliphatic carbocycles. The number of esters is 1. The van der Waals surface area contributed by atoms with Gasteiger partial charge in [-0.3, -0.25) is 4.79 Å². The van der Waals surface area contributed by atoms with Crippen LogP contribution in [0.25, 0.3) is 0 Å². The number of rotatable bonds is 4. The van der Waals surface area contributed by atoms with Gasteiger partial charge in [-0.1, -0.05) is 42.5 Å². The highest BCUT2D eigenvalue weighted by Crippen LogP contribution is 2.54. The van der Waals surface area contributed by atoms with Gasteiger partial charge in [0.15, 0.2) is 0 Å². The molecule has 0 amide bonds. The van der Waals surface area contributed by atoms with E-state index in [2.05, 4.69) is 0 Å². The van der Waals surface area contributed by atoms with E-state index in [4.69, 9.17) is 4.74 Å². The molecule has 0 saturated heterocycles. The molecule has 0 fully saturated rings. The Balaban J connectivity index is 2.18. The third kappa shape index (κ3) is 2.56. The van der Waals surface area contributed by atoms with Gasteiger partial charge in [0.2, 0.25) is 0 Å². The number of hydrogen-bond donors (Lipinski definition) is 0. The van der Waals surface area contributed by atoms with Crippen LogP contribution in [-0.2, 0) is 14.1 Å². The van der Waals surface area contributed by atoms with E-state index in [0.717, 1.165) is 5.30 Å². The fraction of sp³-hybridized carbons (Fsp3) is 0.357. The van der Waals surface area contributed by atoms with Gasteiger partial charge in [-0.05, 0) is 6.92 Å². The largest absolute Gasteiger partial charge is 0.466 e. The first-order valence-corrected chi connectivity index (χ1v) is 8.09. The Labute approximate surface area is 107 Å². The number of carbonyl (C=O) groups is 1. The zero-order valence-electron chi connectivity index (χ0n) is 10.4. The summed E-state index contributed by atoms with van der Waals surface area (Å²) < 4.78 is 18.0. The number of allylic oxidation sites excluding steroid dienone is 2. The summed E-state index contributed by atoms with van der Waals surface area (Å²) in [5.74, 6) is -0.273. The van der Waals surface area contributed by atoms with Crippen LogP contribution in [-0.4, -0.2) is 24.4 Å². The second kappa shape index (κ2) is 5.53. The Morgan fingerprint density at radius 1 is 1.39 bits per heavy atom. The van der Waals surface area contributed by atoms with Crippen molar-refractivity contribution in [1.29, 1.82) is 0 Å². The van der Waals surface area contributed by atoms with Crippen LogP contribution < -0.4 is 5.30 Å². The molecule has 0 spiro atoms. The van der Waals surface area contributed by atoms with Gasteiger partial charge in [0, 0.05) is 17.1 Å². The lowest BCUT2D eigenvalue weighted by Gasteiger charge is -2.20. The number of benzene rings is 1. The van der Waals surface area contributed by atoms with Gasteiger partial charge < -0.3 is 9.30 Å². The van der Waals surface area contributed by atoms with E-state index >= 15 is 0 Å². The van der Waals surface area contributed by atoms with E-state index in [9.17, 15) is 9.36 Å². The number of hydrogen-bond acceptors (Lipinski definition) is 3. The Hall–Kier alpha value is -1.34. The molecule has 0 saturated carbocycles. The highest BCUT2D eigenvalue weighted by atomic mass is 31.2. The molecular weight excluding hydrogens is 247 g/mol. The van der Waals surface area contributed by atoms with E-state index in [1.165, 1.54) is 0 Å². The predicted octanol–water partition coefficient (Wildman–Crippen LogP) is 2.57. The fourth-order valence-corrected chi connectivity index (χ4v) is 5.05. The SMILES string of the molecule is CCOC(=O)C[C@H]1C=CC[P@]1(=O)c1ccccc1. The minimum absolute atomic E-state index is 0.205. The normalized spacial score (nSPS) is 26.2. The van der Waals surface area contributed by atoms with Crippen molar-refractivity contribution in [3.8, 4) is 0 Å². The van der Waals surface area contributed by atoms with Gasteiger partial charge in [0.25, 0.3) is 0 Å². The van der Waals surface area contributed by atoms with Crippen molar-refractivity contribution in [2.45, 2.75) is 19.0 Å². The van der Waals surface area contributed by atoms with Crippen LogP contribution in [0.3, 0.4) is 0 Å². The highest BCUT2D eigenvalue weighted by molar-refractivity contribution is 7.73. The van der Waals surface area contributed by atoms with Crippen LogP contribution in [0.2, 0.25) is 0 Å². The molecule has 1 aliphatic rings. The first-order valence-electron chi connectivity index (χ1n) is 6.13. The van der Waals surface area contributed by atoms with Crippen LogP contribution in [0.1, 0.15) is 13.3 Å². The van der Waals surface area contributed by atoms with Crippen molar-refractivity contribution in [2.24, 2.45) is 0 Å². The molecular formula is C14H17O3P. The average molecular weight is 264 g/mol. The topological polar surface area (TPSA) is 43.4 Å². The maximum Gasteiger partial charge on any atom is 0.306 e. The minimum Gasteiger partial charge on any atom is -0.466 e. The van der Waals surface area contributed by atoms with E-state index in [1.807, 2.05) is 42.5 Å². The molecule has 0 aromatic heterocycles. The molecule has 18 heavy (non-hydrogen) atoms. The predicted molar refractivity (Wildman–Crippen MR) is 72.7 cm³/mol. The molecule has 0 bridgehead atoms. The summed E-state index contributed by atoms with van der Waals surface area (Å²) in [7, 11) is -2.52. The maximum absolute atomic E-state index is 13.0. The molecule has 3 nitrogen and oxygen atoms in total. The Morgan fingerprint density at radius 3 is 2.78 bits per heavy atom. The second-order valence-electron chi connectivity index (χ2n) is 4.32. The third-order valence-electron chi connectivity index (χ3n) is 3.14. The van der Waals surface area contributed by atoms with Crippen LogP contribution in [0.5, 0.6) is 0 Å². The van der Waals surface area contributed by atoms with E-state index in [0.29, 0.717) is 12.8 Å². The summed E-state index contributed by atoms with van der Waals surface area (Å²) in [6.07, 6.45) is 4.56. The fourth-order valence-electron chi connectivity index (χ4n) is 2.23. The van der Waals surface area contributed by atoms with Crippen molar-refractivity contribution in [2.75, 3.05) is 12.8 Å². The van der Waals surface area contributed by atoms with Gasteiger partial charge in [0.1, 0.15) is 7.14 Å². The number of carbonyl (C=O) groups excluding carboxylic acids is 1. The second-order valence-corrected chi connectivity index (χ2v) is 7.45. The summed E-state index contributed by atoms with van der Waals surface area (Å²) in [5, 5.41) is 0.851. The summed E-state index contributed by atoms with van der Waals surface area (Å²) >= 11 is 0. The quantitative estimate of drug-likeness (QED) is 0.477. The van der Waals surface area contributed by atoms with Crippen molar-refractivity contribution >= 4 is 18.4 Å². The molecule has 1 aromatic carbocycles. The lowest BCUT2D eigenvalue weighted by molar-refractivity contribution is -0.142. The zero-order valence-corrected chi connectivity index (χ0v) is 11.3. The molecule has 1 aromatic rings. The highest BCUT2D eigenvalue weighted by Gasteiger charge is 2.37. The van der Waals surface area contributed by atoms with E-state index < -0.39 is 7.14 Å². The third-order valence-corrected chi connectivity index (χ3v) is 6.50. The maximum atomic E-state index is 13.0. The average Bonchev–Trinajstić information content (AvgIpc) is 2.74. The van der Waals surface area contributed by atoms with Crippen LogP contribution >= 0.6 is 7.14 Å². The summed E-state index contributed by atoms with van der Waals surface area (Å²) in [5.41, 5.74) is -0.209. The molecule has 0 unspecified atom stereocenters. The van der Waals surface area contributed by atoms with Gasteiger partial charge in [0.05, 0.1) is 13.0 Å².